The van der Waals surface area contributed by atoms with Crippen LogP contribution in [0.2, 0.25) is 0 Å². The Morgan fingerprint density at radius 3 is 2.03 bits per heavy atom. The van der Waals surface area contributed by atoms with Crippen molar-refractivity contribution in [3.05, 3.63) is 65.6 Å². The van der Waals surface area contributed by atoms with Crippen molar-refractivity contribution in [1.29, 1.82) is 0 Å². The van der Waals surface area contributed by atoms with Crippen molar-refractivity contribution in [1.82, 2.24) is 14.4 Å². The van der Waals surface area contributed by atoms with Crippen molar-refractivity contribution < 1.29 is 31.1 Å². The van der Waals surface area contributed by atoms with Gasteiger partial charge >= 0.3 is 12.1 Å². The van der Waals surface area contributed by atoms with Crippen LogP contribution in [0.15, 0.2) is 48.7 Å². The number of hydrogen-bond acceptors (Lipinski definition) is 3. The van der Waals surface area contributed by atoms with Crippen molar-refractivity contribution in [3.8, 4) is 11.1 Å². The van der Waals surface area contributed by atoms with E-state index in [4.69, 9.17) is 5.73 Å². The lowest BCUT2D eigenvalue weighted by Gasteiger charge is -2.21. The zero-order valence-electron chi connectivity index (χ0n) is 19.2. The van der Waals surface area contributed by atoms with Crippen LogP contribution in [0.4, 0.5) is 26.3 Å². The van der Waals surface area contributed by atoms with Crippen molar-refractivity contribution in [3.63, 3.8) is 0 Å². The van der Waals surface area contributed by atoms with Gasteiger partial charge in [0.15, 0.2) is 0 Å². The summed E-state index contributed by atoms with van der Waals surface area (Å²) in [5.41, 5.74) is 2.17. The molecule has 4 rings (SSSR count). The van der Waals surface area contributed by atoms with Gasteiger partial charge in [-0.1, -0.05) is 38.1 Å². The Bertz CT molecular complexity index is 1390. The number of hydrogen-bond donors (Lipinski definition) is 1. The molecule has 0 spiro atoms. The highest BCUT2D eigenvalue weighted by molar-refractivity contribution is 5.96. The van der Waals surface area contributed by atoms with E-state index in [1.165, 1.54) is 50.2 Å². The average Bonchev–Trinajstić information content (AvgIpc) is 3.24. The van der Waals surface area contributed by atoms with Crippen LogP contribution in [-0.2, 0) is 11.6 Å². The number of amides is 1. The molecule has 0 saturated heterocycles. The molecule has 0 aliphatic rings. The van der Waals surface area contributed by atoms with Gasteiger partial charge in [0, 0.05) is 11.6 Å². The van der Waals surface area contributed by atoms with Gasteiger partial charge in [0.2, 0.25) is 0 Å². The Morgan fingerprint density at radius 2 is 1.51 bits per heavy atom. The first-order valence-corrected chi connectivity index (χ1v) is 10.6. The van der Waals surface area contributed by atoms with E-state index in [0.717, 1.165) is 10.6 Å². The Hall–Kier alpha value is -3.63. The van der Waals surface area contributed by atoms with Crippen LogP contribution in [0.25, 0.3) is 27.8 Å². The largest absolute Gasteiger partial charge is 0.459 e. The first-order chi connectivity index (χ1) is 16.2. The molecule has 0 saturated carbocycles. The summed E-state index contributed by atoms with van der Waals surface area (Å²) in [5.74, 6) is -6.17. The number of aromatic nitrogens is 3. The van der Waals surface area contributed by atoms with E-state index < -0.39 is 29.4 Å². The molecule has 0 aliphatic heterocycles. The number of rotatable bonds is 4. The number of halogens is 6. The minimum Gasteiger partial charge on any atom is -0.364 e. The third kappa shape index (κ3) is 4.67. The van der Waals surface area contributed by atoms with Gasteiger partial charge < -0.3 is 5.73 Å². The van der Waals surface area contributed by atoms with E-state index in [2.05, 4.69) is 9.97 Å². The number of imidazole rings is 1. The monoisotopic (exact) mass is 496 g/mol. The molecule has 1 amide bonds. The molecule has 35 heavy (non-hydrogen) atoms. The highest BCUT2D eigenvalue weighted by atomic mass is 19.4. The fraction of sp³-hybridized carbons (Fsp3) is 0.292. The molecule has 1 aromatic carbocycles. The third-order valence-electron chi connectivity index (χ3n) is 5.21. The van der Waals surface area contributed by atoms with Gasteiger partial charge in [-0.25, -0.2) is 14.4 Å². The molecule has 0 aliphatic carbocycles. The summed E-state index contributed by atoms with van der Waals surface area (Å²) in [6, 6.07) is 9.23. The lowest BCUT2D eigenvalue weighted by Crippen LogP contribution is -2.34. The van der Waals surface area contributed by atoms with Gasteiger partial charge in [-0.2, -0.15) is 22.0 Å². The van der Waals surface area contributed by atoms with Crippen molar-refractivity contribution in [2.45, 2.75) is 45.5 Å². The molecule has 2 N–H and O–H groups in total. The summed E-state index contributed by atoms with van der Waals surface area (Å²) in [6.07, 6.45) is -4.78. The molecule has 186 valence electrons. The maximum atomic E-state index is 14.3. The quantitative estimate of drug-likeness (QED) is 0.327. The summed E-state index contributed by atoms with van der Waals surface area (Å²) in [4.78, 5) is 19.0. The van der Waals surface area contributed by atoms with Crippen LogP contribution in [0.3, 0.4) is 0 Å². The molecule has 0 radical (unpaired) electrons. The summed E-state index contributed by atoms with van der Waals surface area (Å²) in [6.45, 7) is 6.66. The molecule has 11 heteroatoms. The van der Waals surface area contributed by atoms with Gasteiger partial charge in [0.1, 0.15) is 28.4 Å². The van der Waals surface area contributed by atoms with E-state index >= 15 is 0 Å². The van der Waals surface area contributed by atoms with E-state index in [-0.39, 0.29) is 33.5 Å². The minimum atomic E-state index is -5.89. The van der Waals surface area contributed by atoms with Crippen molar-refractivity contribution >= 4 is 22.6 Å². The lowest BCUT2D eigenvalue weighted by molar-refractivity contribution is -0.290. The second-order valence-electron chi connectivity index (χ2n) is 7.97. The molecule has 3 heterocycles. The zero-order valence-corrected chi connectivity index (χ0v) is 19.2. The van der Waals surface area contributed by atoms with Crippen LogP contribution < -0.4 is 5.73 Å². The number of primary amides is 1. The lowest BCUT2D eigenvalue weighted by atomic mass is 9.95. The first kappa shape index (κ1) is 26.0. The Labute approximate surface area is 196 Å². The maximum Gasteiger partial charge on any atom is 0.459 e. The number of carbonyl (C=O) groups is 1. The number of carbonyl (C=O) groups excluding carboxylic acids is 1. The predicted molar refractivity (Wildman–Crippen MR) is 120 cm³/mol. The number of nitrogens with zero attached hydrogens (tertiary/aromatic N) is 3. The number of nitrogens with two attached hydrogens (primary N) is 1. The molecule has 0 atom stereocenters. The highest BCUT2D eigenvalue weighted by Gasteiger charge is 2.60. The summed E-state index contributed by atoms with van der Waals surface area (Å²) in [5, 5.41) is 0.213. The molecular formula is C24H22F6N4O. The fourth-order valence-corrected chi connectivity index (χ4v) is 3.44. The minimum absolute atomic E-state index is 0.0124. The average molecular weight is 496 g/mol. The van der Waals surface area contributed by atoms with Crippen molar-refractivity contribution in [2.75, 3.05) is 0 Å². The number of fused-ring (bicyclic) bond motifs is 3. The SMILES string of the molecule is CC.CC(C)(F)c1ccc(-c2cc(C(F)(F)C(F)(F)F)nc3c2ccc2nc(C(N)=O)cn23)cc1. The van der Waals surface area contributed by atoms with Crippen LogP contribution in [0, 0.1) is 0 Å². The normalized spacial score (nSPS) is 12.5. The van der Waals surface area contributed by atoms with Gasteiger partial charge in [0.25, 0.3) is 5.91 Å². The van der Waals surface area contributed by atoms with E-state index in [0.29, 0.717) is 11.6 Å². The number of alkyl halides is 6. The standard InChI is InChI=1S/C22H16F6N4O.C2H6/c1-20(2,23)12-5-3-11(4-6-12)14-9-16(21(24,25)22(26,27)28)31-19-13(14)7-8-17-30-15(18(29)33)10-32(17)19;1-2/h3-10H,1-2H3,(H2,29,33);1-2H3. The molecule has 3 aromatic heterocycles. The smallest absolute Gasteiger partial charge is 0.364 e. The molecule has 5 nitrogen and oxygen atoms in total. The Kier molecular flexibility index (Phi) is 6.58. The Balaban J connectivity index is 0.00000167. The molecule has 4 aromatic rings. The fourth-order valence-electron chi connectivity index (χ4n) is 3.44. The number of pyridine rings is 2. The topological polar surface area (TPSA) is 73.3 Å². The van der Waals surface area contributed by atoms with Gasteiger partial charge in [-0.3, -0.25) is 9.20 Å². The van der Waals surface area contributed by atoms with Crippen LogP contribution in [0.1, 0.15) is 49.4 Å². The van der Waals surface area contributed by atoms with Crippen LogP contribution >= 0.6 is 0 Å². The third-order valence-corrected chi connectivity index (χ3v) is 5.21. The predicted octanol–water partition coefficient (Wildman–Crippen LogP) is 6.53. The van der Waals surface area contributed by atoms with Gasteiger partial charge in [0.05, 0.1) is 0 Å². The van der Waals surface area contributed by atoms with Crippen LogP contribution in [0.5, 0.6) is 0 Å². The second kappa shape index (κ2) is 8.86. The zero-order chi connectivity index (χ0) is 26.3. The molecular weight excluding hydrogens is 474 g/mol. The van der Waals surface area contributed by atoms with E-state index in [9.17, 15) is 31.1 Å². The van der Waals surface area contributed by atoms with Crippen LogP contribution in [-0.4, -0.2) is 26.5 Å². The second-order valence-corrected chi connectivity index (χ2v) is 7.97. The van der Waals surface area contributed by atoms with Crippen molar-refractivity contribution in [2.24, 2.45) is 5.73 Å². The first-order valence-electron chi connectivity index (χ1n) is 10.6. The number of benzene rings is 1. The van der Waals surface area contributed by atoms with Gasteiger partial charge in [-0.15, -0.1) is 0 Å². The summed E-state index contributed by atoms with van der Waals surface area (Å²) >= 11 is 0. The van der Waals surface area contributed by atoms with E-state index in [1.54, 1.807) is 0 Å². The van der Waals surface area contributed by atoms with Gasteiger partial charge in [-0.05, 0) is 48.7 Å². The summed E-state index contributed by atoms with van der Waals surface area (Å²) < 4.78 is 83.4. The molecule has 0 unspecified atom stereocenters. The Morgan fingerprint density at radius 1 is 0.914 bits per heavy atom. The molecule has 0 fully saturated rings. The maximum absolute atomic E-state index is 14.3. The molecule has 0 bridgehead atoms. The highest BCUT2D eigenvalue weighted by Crippen LogP contribution is 2.45. The summed E-state index contributed by atoms with van der Waals surface area (Å²) in [7, 11) is 0. The van der Waals surface area contributed by atoms with E-state index in [1.807, 2.05) is 13.8 Å².